The average molecular weight is 192 g/mol. The zero-order chi connectivity index (χ0) is 10.7. The van der Waals surface area contributed by atoms with Crippen molar-refractivity contribution in [2.45, 2.75) is 20.8 Å². The maximum absolute atomic E-state index is 7.46. The normalized spacial score (nSPS) is 9.93. The molecule has 14 heavy (non-hydrogen) atoms. The number of nitrogen functional groups attached to an aromatic ring is 1. The monoisotopic (exact) mass is 192 g/mol. The molecule has 4 nitrogen and oxygen atoms in total. The van der Waals surface area contributed by atoms with Gasteiger partial charge in [-0.05, 0) is 32.4 Å². The lowest BCUT2D eigenvalue weighted by Crippen LogP contribution is -2.17. The van der Waals surface area contributed by atoms with E-state index in [0.29, 0.717) is 11.4 Å². The summed E-state index contributed by atoms with van der Waals surface area (Å²) in [6, 6.07) is 1.93. The van der Waals surface area contributed by atoms with E-state index in [1.54, 1.807) is 0 Å². The minimum Gasteiger partial charge on any atom is -0.384 e. The van der Waals surface area contributed by atoms with Crippen molar-refractivity contribution < 1.29 is 0 Å². The quantitative estimate of drug-likeness (QED) is 0.500. The van der Waals surface area contributed by atoms with E-state index in [-0.39, 0.29) is 5.84 Å². The maximum Gasteiger partial charge on any atom is 0.137 e. The molecule has 0 aliphatic heterocycles. The van der Waals surface area contributed by atoms with Crippen molar-refractivity contribution in [3.05, 3.63) is 22.9 Å². The van der Waals surface area contributed by atoms with Gasteiger partial charge >= 0.3 is 0 Å². The summed E-state index contributed by atoms with van der Waals surface area (Å²) in [5, 5.41) is 10.6. The topological polar surface area (TPSA) is 74.8 Å². The van der Waals surface area contributed by atoms with Gasteiger partial charge in [-0.25, -0.2) is 4.98 Å². The second kappa shape index (κ2) is 4.09. The number of hydrogen-bond acceptors (Lipinski definition) is 3. The zero-order valence-electron chi connectivity index (χ0n) is 8.81. The molecule has 76 valence electrons. The van der Waals surface area contributed by atoms with Crippen molar-refractivity contribution in [3.63, 3.8) is 0 Å². The fourth-order valence-electron chi connectivity index (χ4n) is 1.47. The van der Waals surface area contributed by atoms with Crippen molar-refractivity contribution in [1.82, 2.24) is 4.98 Å². The molecule has 0 aliphatic carbocycles. The number of nitrogens with zero attached hydrogens (tertiary/aromatic N) is 1. The third-order valence-electron chi connectivity index (χ3n) is 1.96. The Bertz CT molecular complexity index is 357. The summed E-state index contributed by atoms with van der Waals surface area (Å²) in [5.41, 5.74) is 8.13. The van der Waals surface area contributed by atoms with Crippen LogP contribution in [-0.2, 0) is 0 Å². The Hall–Kier alpha value is -1.58. The molecule has 1 heterocycles. The molecule has 4 N–H and O–H groups in total. The van der Waals surface area contributed by atoms with Crippen molar-refractivity contribution in [2.75, 3.05) is 11.9 Å². The minimum atomic E-state index is 0.0611. The van der Waals surface area contributed by atoms with E-state index >= 15 is 0 Å². The van der Waals surface area contributed by atoms with Gasteiger partial charge in [0.1, 0.15) is 11.7 Å². The highest BCUT2D eigenvalue weighted by Gasteiger charge is 2.10. The molecule has 4 heteroatoms. The van der Waals surface area contributed by atoms with Crippen LogP contribution in [0, 0.1) is 19.3 Å². The second-order valence-electron chi connectivity index (χ2n) is 3.25. The smallest absolute Gasteiger partial charge is 0.137 e. The lowest BCUT2D eigenvalue weighted by Gasteiger charge is -2.12. The van der Waals surface area contributed by atoms with Crippen LogP contribution in [-0.4, -0.2) is 17.4 Å². The maximum atomic E-state index is 7.46. The molecular weight excluding hydrogens is 176 g/mol. The van der Waals surface area contributed by atoms with Crippen LogP contribution < -0.4 is 11.1 Å². The van der Waals surface area contributed by atoms with E-state index in [1.807, 2.05) is 26.8 Å². The largest absolute Gasteiger partial charge is 0.384 e. The summed E-state index contributed by atoms with van der Waals surface area (Å²) < 4.78 is 0. The third-order valence-corrected chi connectivity index (χ3v) is 1.96. The van der Waals surface area contributed by atoms with Gasteiger partial charge in [0.05, 0.1) is 5.56 Å². The number of rotatable bonds is 3. The Morgan fingerprint density at radius 1 is 1.57 bits per heavy atom. The number of hydrogen-bond donors (Lipinski definition) is 3. The fraction of sp³-hybridized carbons (Fsp3) is 0.400. The molecule has 0 saturated heterocycles. The Morgan fingerprint density at radius 2 is 2.21 bits per heavy atom. The molecule has 1 aromatic heterocycles. The number of aryl methyl sites for hydroxylation is 2. The minimum absolute atomic E-state index is 0.0611. The first kappa shape index (κ1) is 10.5. The molecule has 1 aromatic rings. The standard InChI is InChI=1S/C10H16N4/c1-4-13-10-8(9(11)12)6(2)5-7(3)14-10/h5H,4H2,1-3H3,(H3,11,12)(H,13,14). The average Bonchev–Trinajstić information content (AvgIpc) is 2.01. The van der Waals surface area contributed by atoms with Crippen molar-refractivity contribution in [2.24, 2.45) is 5.73 Å². The van der Waals surface area contributed by atoms with Gasteiger partial charge in [0.25, 0.3) is 0 Å². The van der Waals surface area contributed by atoms with Gasteiger partial charge in [0, 0.05) is 12.2 Å². The molecule has 0 bridgehead atoms. The van der Waals surface area contributed by atoms with Crippen LogP contribution in [0.5, 0.6) is 0 Å². The van der Waals surface area contributed by atoms with Gasteiger partial charge < -0.3 is 11.1 Å². The number of amidine groups is 1. The first-order valence-corrected chi connectivity index (χ1v) is 4.62. The second-order valence-corrected chi connectivity index (χ2v) is 3.25. The van der Waals surface area contributed by atoms with Gasteiger partial charge in [-0.3, -0.25) is 5.41 Å². The zero-order valence-corrected chi connectivity index (χ0v) is 8.81. The van der Waals surface area contributed by atoms with E-state index in [0.717, 1.165) is 17.8 Å². The first-order chi connectivity index (χ1) is 6.56. The predicted molar refractivity (Wildman–Crippen MR) is 58.9 cm³/mol. The number of pyridine rings is 1. The van der Waals surface area contributed by atoms with E-state index in [2.05, 4.69) is 10.3 Å². The van der Waals surface area contributed by atoms with Crippen LogP contribution in [0.3, 0.4) is 0 Å². The van der Waals surface area contributed by atoms with Crippen molar-refractivity contribution in [1.29, 1.82) is 5.41 Å². The van der Waals surface area contributed by atoms with Gasteiger partial charge in [-0.1, -0.05) is 0 Å². The number of anilines is 1. The van der Waals surface area contributed by atoms with Crippen molar-refractivity contribution >= 4 is 11.7 Å². The van der Waals surface area contributed by atoms with Crippen LogP contribution in [0.15, 0.2) is 6.07 Å². The summed E-state index contributed by atoms with van der Waals surface area (Å²) in [7, 11) is 0. The summed E-state index contributed by atoms with van der Waals surface area (Å²) in [5.74, 6) is 0.767. The molecule has 0 amide bonds. The molecule has 0 aromatic carbocycles. The van der Waals surface area contributed by atoms with E-state index in [9.17, 15) is 0 Å². The summed E-state index contributed by atoms with van der Waals surface area (Å²) in [6.45, 7) is 6.63. The van der Waals surface area contributed by atoms with Crippen molar-refractivity contribution in [3.8, 4) is 0 Å². The van der Waals surface area contributed by atoms with Crippen LogP contribution >= 0.6 is 0 Å². The fourth-order valence-corrected chi connectivity index (χ4v) is 1.47. The Balaban J connectivity index is 3.28. The van der Waals surface area contributed by atoms with Crippen LogP contribution in [0.2, 0.25) is 0 Å². The molecule has 0 aliphatic rings. The molecule has 0 saturated carbocycles. The molecule has 0 atom stereocenters. The van der Waals surface area contributed by atoms with E-state index in [4.69, 9.17) is 11.1 Å². The predicted octanol–water partition coefficient (Wildman–Crippen LogP) is 1.41. The lowest BCUT2D eigenvalue weighted by atomic mass is 10.1. The molecule has 0 fully saturated rings. The van der Waals surface area contributed by atoms with Gasteiger partial charge in [-0.2, -0.15) is 0 Å². The van der Waals surface area contributed by atoms with Crippen LogP contribution in [0.1, 0.15) is 23.7 Å². The van der Waals surface area contributed by atoms with E-state index in [1.165, 1.54) is 0 Å². The molecule has 0 spiro atoms. The summed E-state index contributed by atoms with van der Waals surface area (Å²) in [6.07, 6.45) is 0. The summed E-state index contributed by atoms with van der Waals surface area (Å²) >= 11 is 0. The number of nitrogens with two attached hydrogens (primary N) is 1. The first-order valence-electron chi connectivity index (χ1n) is 4.62. The highest BCUT2D eigenvalue weighted by molar-refractivity contribution is 6.00. The van der Waals surface area contributed by atoms with Gasteiger partial charge in [0.15, 0.2) is 0 Å². The van der Waals surface area contributed by atoms with Gasteiger partial charge in [0.2, 0.25) is 0 Å². The molecule has 0 radical (unpaired) electrons. The number of aromatic nitrogens is 1. The molecule has 0 unspecified atom stereocenters. The Morgan fingerprint density at radius 3 is 2.71 bits per heavy atom. The van der Waals surface area contributed by atoms with Crippen LogP contribution in [0.25, 0.3) is 0 Å². The highest BCUT2D eigenvalue weighted by Crippen LogP contribution is 2.17. The molecule has 1 rings (SSSR count). The molecular formula is C10H16N4. The number of nitrogens with one attached hydrogen (secondary N) is 2. The lowest BCUT2D eigenvalue weighted by molar-refractivity contribution is 1.10. The highest BCUT2D eigenvalue weighted by atomic mass is 15.0. The SMILES string of the molecule is CCNc1nc(C)cc(C)c1C(=N)N. The van der Waals surface area contributed by atoms with Crippen LogP contribution in [0.4, 0.5) is 5.82 Å². The van der Waals surface area contributed by atoms with E-state index < -0.39 is 0 Å². The Labute approximate surface area is 84.1 Å². The van der Waals surface area contributed by atoms with Gasteiger partial charge in [-0.15, -0.1) is 0 Å². The summed E-state index contributed by atoms with van der Waals surface area (Å²) in [4.78, 5) is 4.31. The Kier molecular flexibility index (Phi) is 3.06. The third kappa shape index (κ3) is 2.02.